The van der Waals surface area contributed by atoms with Crippen LogP contribution in [0.4, 0.5) is 0 Å². The minimum atomic E-state index is 0.676. The van der Waals surface area contributed by atoms with Crippen LogP contribution in [0.2, 0.25) is 0 Å². The monoisotopic (exact) mass is 155 g/mol. The van der Waals surface area contributed by atoms with Crippen LogP contribution in [-0.4, -0.2) is 14.2 Å². The Hall–Kier alpha value is -1.12. The van der Waals surface area contributed by atoms with E-state index in [4.69, 9.17) is 15.2 Å². The van der Waals surface area contributed by atoms with Gasteiger partial charge in [-0.25, -0.2) is 0 Å². The molecule has 0 radical (unpaired) electrons. The molecule has 0 heterocycles. The minimum absolute atomic E-state index is 0.676. The standard InChI is InChI=1S/C8H13NO2/c1-10-6-3-4-8(11-2)7(9)5-6/h5H,3-4,9H2,1-2H3. The Bertz CT molecular complexity index is 206. The van der Waals surface area contributed by atoms with Crippen LogP contribution in [0, 0.1) is 0 Å². The number of rotatable bonds is 2. The molecule has 0 unspecified atom stereocenters. The molecule has 3 heteroatoms. The predicted octanol–water partition coefficient (Wildman–Crippen LogP) is 1.13. The van der Waals surface area contributed by atoms with Crippen molar-refractivity contribution in [3.05, 3.63) is 23.3 Å². The van der Waals surface area contributed by atoms with Gasteiger partial charge in [0.15, 0.2) is 0 Å². The van der Waals surface area contributed by atoms with E-state index in [9.17, 15) is 0 Å². The number of hydrogen-bond acceptors (Lipinski definition) is 3. The molecule has 0 bridgehead atoms. The largest absolute Gasteiger partial charge is 0.501 e. The lowest BCUT2D eigenvalue weighted by Crippen LogP contribution is -2.08. The molecule has 0 amide bonds. The Balaban J connectivity index is 2.76. The van der Waals surface area contributed by atoms with Crippen LogP contribution in [0.25, 0.3) is 0 Å². The van der Waals surface area contributed by atoms with Gasteiger partial charge in [0.2, 0.25) is 0 Å². The van der Waals surface area contributed by atoms with Gasteiger partial charge in [-0.15, -0.1) is 0 Å². The molecule has 0 aromatic rings. The third-order valence-electron chi connectivity index (χ3n) is 1.75. The summed E-state index contributed by atoms with van der Waals surface area (Å²) in [7, 11) is 3.28. The molecule has 3 nitrogen and oxygen atoms in total. The first-order chi connectivity index (χ1) is 5.27. The number of allylic oxidation sites excluding steroid dienone is 3. The van der Waals surface area contributed by atoms with E-state index in [0.29, 0.717) is 5.70 Å². The first kappa shape index (κ1) is 7.98. The lowest BCUT2D eigenvalue weighted by Gasteiger charge is -2.15. The van der Waals surface area contributed by atoms with Crippen LogP contribution in [0.3, 0.4) is 0 Å². The molecule has 0 saturated heterocycles. The van der Waals surface area contributed by atoms with Gasteiger partial charge in [-0.05, 0) is 0 Å². The van der Waals surface area contributed by atoms with E-state index >= 15 is 0 Å². The summed E-state index contributed by atoms with van der Waals surface area (Å²) < 4.78 is 10.1. The molecule has 62 valence electrons. The van der Waals surface area contributed by atoms with Crippen molar-refractivity contribution in [1.82, 2.24) is 0 Å². The molecule has 0 aliphatic heterocycles. The topological polar surface area (TPSA) is 44.5 Å². The highest BCUT2D eigenvalue weighted by atomic mass is 16.5. The zero-order valence-corrected chi connectivity index (χ0v) is 6.89. The highest BCUT2D eigenvalue weighted by Crippen LogP contribution is 2.21. The zero-order valence-electron chi connectivity index (χ0n) is 6.89. The van der Waals surface area contributed by atoms with Crippen LogP contribution >= 0.6 is 0 Å². The summed E-state index contributed by atoms with van der Waals surface area (Å²) in [6, 6.07) is 0. The van der Waals surface area contributed by atoms with Gasteiger partial charge in [-0.1, -0.05) is 0 Å². The third kappa shape index (κ3) is 1.67. The molecular weight excluding hydrogens is 142 g/mol. The van der Waals surface area contributed by atoms with Gasteiger partial charge in [0.25, 0.3) is 0 Å². The van der Waals surface area contributed by atoms with Crippen molar-refractivity contribution < 1.29 is 9.47 Å². The Morgan fingerprint density at radius 2 is 2.00 bits per heavy atom. The molecule has 1 aliphatic rings. The van der Waals surface area contributed by atoms with E-state index in [1.54, 1.807) is 14.2 Å². The van der Waals surface area contributed by atoms with Crippen LogP contribution in [0.5, 0.6) is 0 Å². The van der Waals surface area contributed by atoms with E-state index in [-0.39, 0.29) is 0 Å². The van der Waals surface area contributed by atoms with Crippen LogP contribution in [0.15, 0.2) is 23.3 Å². The van der Waals surface area contributed by atoms with Gasteiger partial charge < -0.3 is 15.2 Å². The van der Waals surface area contributed by atoms with Crippen molar-refractivity contribution in [2.75, 3.05) is 14.2 Å². The summed E-state index contributed by atoms with van der Waals surface area (Å²) in [6.07, 6.45) is 3.52. The van der Waals surface area contributed by atoms with Crippen molar-refractivity contribution in [2.24, 2.45) is 5.73 Å². The maximum Gasteiger partial charge on any atom is 0.119 e. The predicted molar refractivity (Wildman–Crippen MR) is 42.5 cm³/mol. The Kier molecular flexibility index (Phi) is 2.41. The second kappa shape index (κ2) is 3.32. The first-order valence-corrected chi connectivity index (χ1v) is 3.55. The van der Waals surface area contributed by atoms with Crippen LogP contribution < -0.4 is 5.73 Å². The van der Waals surface area contributed by atoms with E-state index in [0.717, 1.165) is 24.4 Å². The van der Waals surface area contributed by atoms with Gasteiger partial charge in [-0.3, -0.25) is 0 Å². The molecular formula is C8H13NO2. The van der Waals surface area contributed by atoms with E-state index in [1.807, 2.05) is 6.08 Å². The van der Waals surface area contributed by atoms with Gasteiger partial charge in [0, 0.05) is 18.9 Å². The molecule has 11 heavy (non-hydrogen) atoms. The fraction of sp³-hybridized carbons (Fsp3) is 0.500. The normalized spacial score (nSPS) is 17.8. The highest BCUT2D eigenvalue weighted by molar-refractivity contribution is 5.25. The third-order valence-corrected chi connectivity index (χ3v) is 1.75. The highest BCUT2D eigenvalue weighted by Gasteiger charge is 2.11. The molecule has 1 aliphatic carbocycles. The Morgan fingerprint density at radius 1 is 1.27 bits per heavy atom. The zero-order chi connectivity index (χ0) is 8.27. The Morgan fingerprint density at radius 3 is 2.45 bits per heavy atom. The van der Waals surface area contributed by atoms with Gasteiger partial charge in [0.1, 0.15) is 5.76 Å². The van der Waals surface area contributed by atoms with Crippen molar-refractivity contribution in [2.45, 2.75) is 12.8 Å². The lowest BCUT2D eigenvalue weighted by atomic mass is 10.1. The van der Waals surface area contributed by atoms with Gasteiger partial charge >= 0.3 is 0 Å². The van der Waals surface area contributed by atoms with E-state index in [1.165, 1.54) is 0 Å². The first-order valence-electron chi connectivity index (χ1n) is 3.55. The maximum absolute atomic E-state index is 5.65. The molecule has 0 aromatic carbocycles. The summed E-state index contributed by atoms with van der Waals surface area (Å²) in [6.45, 7) is 0. The second-order valence-electron chi connectivity index (χ2n) is 2.40. The van der Waals surface area contributed by atoms with Gasteiger partial charge in [-0.2, -0.15) is 0 Å². The minimum Gasteiger partial charge on any atom is -0.501 e. The summed E-state index contributed by atoms with van der Waals surface area (Å²) in [5, 5.41) is 0. The van der Waals surface area contributed by atoms with Crippen molar-refractivity contribution in [1.29, 1.82) is 0 Å². The summed E-state index contributed by atoms with van der Waals surface area (Å²) >= 11 is 0. The average Bonchev–Trinajstić information content (AvgIpc) is 2.04. The van der Waals surface area contributed by atoms with Gasteiger partial charge in [0.05, 0.1) is 25.7 Å². The fourth-order valence-electron chi connectivity index (χ4n) is 1.09. The molecule has 0 atom stereocenters. The molecule has 0 fully saturated rings. The SMILES string of the molecule is COC1=CC(N)=C(OC)CC1. The molecule has 1 rings (SSSR count). The molecule has 0 aromatic heterocycles. The number of nitrogens with two attached hydrogens (primary N) is 1. The number of methoxy groups -OCH3 is 2. The summed E-state index contributed by atoms with van der Waals surface area (Å²) in [5.74, 6) is 1.77. The van der Waals surface area contributed by atoms with E-state index in [2.05, 4.69) is 0 Å². The molecule has 2 N–H and O–H groups in total. The second-order valence-corrected chi connectivity index (χ2v) is 2.40. The number of hydrogen-bond donors (Lipinski definition) is 1. The maximum atomic E-state index is 5.65. The van der Waals surface area contributed by atoms with E-state index < -0.39 is 0 Å². The van der Waals surface area contributed by atoms with Crippen molar-refractivity contribution in [3.63, 3.8) is 0 Å². The smallest absolute Gasteiger partial charge is 0.119 e. The summed E-state index contributed by atoms with van der Waals surface area (Å²) in [5.41, 5.74) is 6.33. The summed E-state index contributed by atoms with van der Waals surface area (Å²) in [4.78, 5) is 0. The molecule has 0 saturated carbocycles. The quantitative estimate of drug-likeness (QED) is 0.650. The Labute approximate surface area is 66.5 Å². The number of ether oxygens (including phenoxy) is 2. The van der Waals surface area contributed by atoms with Crippen LogP contribution in [0.1, 0.15) is 12.8 Å². The van der Waals surface area contributed by atoms with Crippen molar-refractivity contribution in [3.8, 4) is 0 Å². The van der Waals surface area contributed by atoms with Crippen LogP contribution in [-0.2, 0) is 9.47 Å². The van der Waals surface area contributed by atoms with Crippen molar-refractivity contribution >= 4 is 0 Å². The molecule has 0 spiro atoms. The fourth-order valence-corrected chi connectivity index (χ4v) is 1.09. The average molecular weight is 155 g/mol. The lowest BCUT2D eigenvalue weighted by molar-refractivity contribution is 0.240.